The summed E-state index contributed by atoms with van der Waals surface area (Å²) in [6.45, 7) is 1.96. The van der Waals surface area contributed by atoms with Crippen molar-refractivity contribution in [1.29, 1.82) is 0 Å². The van der Waals surface area contributed by atoms with Crippen LogP contribution in [0.5, 0.6) is 0 Å². The molecule has 1 heterocycles. The van der Waals surface area contributed by atoms with Crippen LogP contribution < -0.4 is 10.0 Å². The Morgan fingerprint density at radius 3 is 2.23 bits per heavy atom. The number of hydrogen-bond donors (Lipinski definition) is 2. The number of likely N-dealkylation sites (tertiary alicyclic amines) is 1. The normalized spacial score (nSPS) is 14.3. The van der Waals surface area contributed by atoms with E-state index in [0.717, 1.165) is 31.5 Å². The molecule has 0 spiro atoms. The summed E-state index contributed by atoms with van der Waals surface area (Å²) < 4.78 is 26.7. The maximum atomic E-state index is 12.5. The van der Waals surface area contributed by atoms with Gasteiger partial charge in [0.05, 0.1) is 4.90 Å². The van der Waals surface area contributed by atoms with E-state index >= 15 is 0 Å². The second kappa shape index (κ2) is 10.4. The van der Waals surface area contributed by atoms with Crippen molar-refractivity contribution in [3.05, 3.63) is 65.7 Å². The van der Waals surface area contributed by atoms with Gasteiger partial charge in [-0.2, -0.15) is 0 Å². The summed E-state index contributed by atoms with van der Waals surface area (Å²) >= 11 is 0. The molecule has 0 unspecified atom stereocenters. The Bertz CT molecular complexity index is 954. The first-order valence-electron chi connectivity index (χ1n) is 10.2. The number of piperidine rings is 1. The minimum atomic E-state index is -3.61. The number of amides is 2. The fourth-order valence-electron chi connectivity index (χ4n) is 3.32. The van der Waals surface area contributed by atoms with Gasteiger partial charge in [0, 0.05) is 38.2 Å². The van der Waals surface area contributed by atoms with Gasteiger partial charge in [-0.15, -0.1) is 0 Å². The molecule has 3 rings (SSSR count). The minimum absolute atomic E-state index is 0.0202. The highest BCUT2D eigenvalue weighted by molar-refractivity contribution is 7.89. The van der Waals surface area contributed by atoms with E-state index in [-0.39, 0.29) is 29.7 Å². The van der Waals surface area contributed by atoms with E-state index in [2.05, 4.69) is 10.0 Å². The molecule has 1 aliphatic rings. The smallest absolute Gasteiger partial charge is 0.253 e. The fourth-order valence-corrected chi connectivity index (χ4v) is 4.37. The molecule has 0 aliphatic carbocycles. The highest BCUT2D eigenvalue weighted by Crippen LogP contribution is 2.14. The SMILES string of the molecule is O=C(CCNS(=O)(=O)c1ccccc1)NCc1ccc(C(=O)N2CCCCC2)cc1. The molecule has 2 N–H and O–H groups in total. The van der Waals surface area contributed by atoms with Crippen LogP contribution in [0, 0.1) is 0 Å². The van der Waals surface area contributed by atoms with E-state index in [1.54, 1.807) is 30.3 Å². The maximum absolute atomic E-state index is 12.5. The van der Waals surface area contributed by atoms with Crippen LogP contribution in [0.4, 0.5) is 0 Å². The van der Waals surface area contributed by atoms with E-state index in [4.69, 9.17) is 0 Å². The van der Waals surface area contributed by atoms with Gasteiger partial charge < -0.3 is 10.2 Å². The summed E-state index contributed by atoms with van der Waals surface area (Å²) in [5.41, 5.74) is 1.53. The third-order valence-electron chi connectivity index (χ3n) is 5.03. The molecule has 1 aliphatic heterocycles. The van der Waals surface area contributed by atoms with Crippen molar-refractivity contribution in [3.63, 3.8) is 0 Å². The first-order chi connectivity index (χ1) is 14.5. The van der Waals surface area contributed by atoms with Crippen LogP contribution >= 0.6 is 0 Å². The number of carbonyl (C=O) groups is 2. The van der Waals surface area contributed by atoms with E-state index in [1.165, 1.54) is 18.6 Å². The number of nitrogens with one attached hydrogen (secondary N) is 2. The number of benzene rings is 2. The van der Waals surface area contributed by atoms with Crippen molar-refractivity contribution in [1.82, 2.24) is 14.9 Å². The molecule has 2 amide bonds. The number of rotatable bonds is 8. The lowest BCUT2D eigenvalue weighted by atomic mass is 10.1. The molecular formula is C22H27N3O4S. The Kier molecular flexibility index (Phi) is 7.59. The van der Waals surface area contributed by atoms with Gasteiger partial charge in [0.1, 0.15) is 0 Å². The number of carbonyl (C=O) groups excluding carboxylic acids is 2. The monoisotopic (exact) mass is 429 g/mol. The second-order valence-electron chi connectivity index (χ2n) is 7.29. The molecule has 0 radical (unpaired) electrons. The Morgan fingerprint density at radius 1 is 0.900 bits per heavy atom. The van der Waals surface area contributed by atoms with Gasteiger partial charge in [-0.25, -0.2) is 13.1 Å². The number of nitrogens with zero attached hydrogens (tertiary/aromatic N) is 1. The van der Waals surface area contributed by atoms with E-state index in [0.29, 0.717) is 12.1 Å². The average Bonchev–Trinajstić information content (AvgIpc) is 2.78. The fraction of sp³-hybridized carbons (Fsp3) is 0.364. The number of sulfonamides is 1. The van der Waals surface area contributed by atoms with Crippen LogP contribution in [-0.4, -0.2) is 44.8 Å². The van der Waals surface area contributed by atoms with Crippen molar-refractivity contribution in [3.8, 4) is 0 Å². The van der Waals surface area contributed by atoms with E-state index in [9.17, 15) is 18.0 Å². The van der Waals surface area contributed by atoms with E-state index in [1.807, 2.05) is 17.0 Å². The van der Waals surface area contributed by atoms with Gasteiger partial charge in [-0.3, -0.25) is 9.59 Å². The van der Waals surface area contributed by atoms with Crippen LogP contribution in [0.3, 0.4) is 0 Å². The molecule has 1 saturated heterocycles. The highest BCUT2D eigenvalue weighted by atomic mass is 32.2. The Balaban J connectivity index is 1.42. The van der Waals surface area contributed by atoms with Gasteiger partial charge in [0.2, 0.25) is 15.9 Å². The highest BCUT2D eigenvalue weighted by Gasteiger charge is 2.18. The third-order valence-corrected chi connectivity index (χ3v) is 6.51. The van der Waals surface area contributed by atoms with Crippen molar-refractivity contribution in [2.75, 3.05) is 19.6 Å². The van der Waals surface area contributed by atoms with Crippen molar-refractivity contribution in [2.24, 2.45) is 0 Å². The van der Waals surface area contributed by atoms with Crippen LogP contribution in [0.15, 0.2) is 59.5 Å². The van der Waals surface area contributed by atoms with Crippen LogP contribution in [0.2, 0.25) is 0 Å². The summed E-state index contributed by atoms with van der Waals surface area (Å²) in [6.07, 6.45) is 3.32. The molecular weight excluding hydrogens is 402 g/mol. The second-order valence-corrected chi connectivity index (χ2v) is 9.05. The molecule has 2 aromatic rings. The largest absolute Gasteiger partial charge is 0.352 e. The molecule has 7 nitrogen and oxygen atoms in total. The van der Waals surface area contributed by atoms with Gasteiger partial charge in [0.15, 0.2) is 0 Å². The third kappa shape index (κ3) is 6.14. The first-order valence-corrected chi connectivity index (χ1v) is 11.6. The zero-order chi connectivity index (χ0) is 21.4. The quantitative estimate of drug-likeness (QED) is 0.673. The summed E-state index contributed by atoms with van der Waals surface area (Å²) in [4.78, 5) is 26.5. The van der Waals surface area contributed by atoms with Crippen molar-refractivity contribution >= 4 is 21.8 Å². The Morgan fingerprint density at radius 2 is 1.57 bits per heavy atom. The summed E-state index contributed by atoms with van der Waals surface area (Å²) in [7, 11) is -3.61. The van der Waals surface area contributed by atoms with Crippen LogP contribution in [0.25, 0.3) is 0 Å². The van der Waals surface area contributed by atoms with E-state index < -0.39 is 10.0 Å². The minimum Gasteiger partial charge on any atom is -0.352 e. The predicted molar refractivity (Wildman–Crippen MR) is 114 cm³/mol. The van der Waals surface area contributed by atoms with Gasteiger partial charge in [0.25, 0.3) is 5.91 Å². The molecule has 8 heteroatoms. The molecule has 1 fully saturated rings. The van der Waals surface area contributed by atoms with Crippen molar-refractivity contribution in [2.45, 2.75) is 37.1 Å². The van der Waals surface area contributed by atoms with Gasteiger partial charge >= 0.3 is 0 Å². The lowest BCUT2D eigenvalue weighted by molar-refractivity contribution is -0.121. The summed E-state index contributed by atoms with van der Waals surface area (Å²) in [6, 6.07) is 15.3. The summed E-state index contributed by atoms with van der Waals surface area (Å²) in [5, 5.41) is 2.77. The Hall–Kier alpha value is -2.71. The molecule has 0 saturated carbocycles. The molecule has 0 atom stereocenters. The van der Waals surface area contributed by atoms with Crippen LogP contribution in [0.1, 0.15) is 41.6 Å². The zero-order valence-electron chi connectivity index (χ0n) is 16.8. The van der Waals surface area contributed by atoms with Crippen LogP contribution in [-0.2, 0) is 21.4 Å². The van der Waals surface area contributed by atoms with Gasteiger partial charge in [-0.1, -0.05) is 30.3 Å². The zero-order valence-corrected chi connectivity index (χ0v) is 17.7. The number of hydrogen-bond acceptors (Lipinski definition) is 4. The Labute approximate surface area is 177 Å². The lowest BCUT2D eigenvalue weighted by Crippen LogP contribution is -2.35. The van der Waals surface area contributed by atoms with Gasteiger partial charge in [-0.05, 0) is 49.1 Å². The predicted octanol–water partition coefficient (Wildman–Crippen LogP) is 2.30. The lowest BCUT2D eigenvalue weighted by Gasteiger charge is -2.26. The topological polar surface area (TPSA) is 95.6 Å². The molecule has 0 bridgehead atoms. The molecule has 0 aromatic heterocycles. The molecule has 30 heavy (non-hydrogen) atoms. The average molecular weight is 430 g/mol. The molecule has 2 aromatic carbocycles. The van der Waals surface area contributed by atoms with Crippen molar-refractivity contribution < 1.29 is 18.0 Å². The first kappa shape index (κ1) is 22.0. The molecule has 160 valence electrons. The standard InChI is InChI=1S/C22H27N3O4S/c26-21(13-14-24-30(28,29)20-7-3-1-4-8-20)23-17-18-9-11-19(12-10-18)22(27)25-15-5-2-6-16-25/h1,3-4,7-12,24H,2,5-6,13-17H2,(H,23,26). The maximum Gasteiger partial charge on any atom is 0.253 e. The summed E-state index contributed by atoms with van der Waals surface area (Å²) in [5.74, 6) is -0.199.